The lowest BCUT2D eigenvalue weighted by atomic mass is 10.4. The molecular weight excluding hydrogens is 176 g/mol. The van der Waals surface area contributed by atoms with E-state index in [2.05, 4.69) is 0 Å². The van der Waals surface area contributed by atoms with E-state index in [1.165, 1.54) is 11.8 Å². The summed E-state index contributed by atoms with van der Waals surface area (Å²) in [5.41, 5.74) is 0. The summed E-state index contributed by atoms with van der Waals surface area (Å²) in [5, 5.41) is 8.70. The van der Waals surface area contributed by atoms with Crippen LogP contribution >= 0.6 is 11.8 Å². The van der Waals surface area contributed by atoms with Crippen LogP contribution in [0.2, 0.25) is 0 Å². The highest BCUT2D eigenvalue weighted by molar-refractivity contribution is 7.99. The molecule has 0 spiro atoms. The number of thioether (sulfide) groups is 1. The van der Waals surface area contributed by atoms with Gasteiger partial charge in [0.25, 0.3) is 0 Å². The van der Waals surface area contributed by atoms with E-state index in [1.54, 1.807) is 13.0 Å². The standard InChI is InChI=1S/C8H10O3S/c1-3-12-6-4-5(2)11-7(6)8(9)10/h4H,3H2,1-2H3,(H,9,10). The van der Waals surface area contributed by atoms with Crippen LogP contribution in [-0.4, -0.2) is 16.8 Å². The van der Waals surface area contributed by atoms with Gasteiger partial charge in [-0.15, -0.1) is 11.8 Å². The number of aryl methyl sites for hydroxylation is 1. The second kappa shape index (κ2) is 3.67. The van der Waals surface area contributed by atoms with Crippen LogP contribution in [0.4, 0.5) is 0 Å². The van der Waals surface area contributed by atoms with Gasteiger partial charge < -0.3 is 9.52 Å². The first-order chi connectivity index (χ1) is 5.65. The molecule has 1 aromatic heterocycles. The molecular formula is C8H10O3S. The molecule has 1 rings (SSSR count). The van der Waals surface area contributed by atoms with Gasteiger partial charge in [0.2, 0.25) is 5.76 Å². The summed E-state index contributed by atoms with van der Waals surface area (Å²) in [6, 6.07) is 1.75. The first-order valence-electron chi connectivity index (χ1n) is 3.61. The molecule has 1 aromatic rings. The van der Waals surface area contributed by atoms with Crippen molar-refractivity contribution in [2.75, 3.05) is 5.75 Å². The molecule has 0 unspecified atom stereocenters. The number of rotatable bonds is 3. The Kier molecular flexibility index (Phi) is 2.81. The molecule has 0 saturated heterocycles. The normalized spacial score (nSPS) is 10.2. The maximum atomic E-state index is 10.6. The van der Waals surface area contributed by atoms with Crippen molar-refractivity contribution >= 4 is 17.7 Å². The molecule has 0 atom stereocenters. The molecule has 0 aliphatic carbocycles. The van der Waals surface area contributed by atoms with E-state index in [9.17, 15) is 4.79 Å². The Morgan fingerprint density at radius 2 is 2.42 bits per heavy atom. The van der Waals surface area contributed by atoms with Crippen LogP contribution in [0, 0.1) is 6.92 Å². The predicted octanol–water partition coefficient (Wildman–Crippen LogP) is 2.40. The SMILES string of the molecule is CCSc1cc(C)oc1C(=O)O. The summed E-state index contributed by atoms with van der Waals surface area (Å²) < 4.78 is 5.01. The zero-order valence-electron chi connectivity index (χ0n) is 6.96. The Morgan fingerprint density at radius 1 is 1.75 bits per heavy atom. The fraction of sp³-hybridized carbons (Fsp3) is 0.375. The molecule has 0 saturated carbocycles. The van der Waals surface area contributed by atoms with Crippen molar-refractivity contribution in [2.45, 2.75) is 18.7 Å². The summed E-state index contributed by atoms with van der Waals surface area (Å²) in [5.74, 6) is 0.543. The number of aromatic carboxylic acids is 1. The third-order valence-corrected chi connectivity index (χ3v) is 2.22. The Balaban J connectivity index is 2.99. The van der Waals surface area contributed by atoms with Crippen LogP contribution in [0.5, 0.6) is 0 Å². The van der Waals surface area contributed by atoms with Crippen molar-refractivity contribution in [1.29, 1.82) is 0 Å². The van der Waals surface area contributed by atoms with Crippen LogP contribution in [0.15, 0.2) is 15.4 Å². The lowest BCUT2D eigenvalue weighted by molar-refractivity contribution is 0.0656. The zero-order chi connectivity index (χ0) is 9.14. The van der Waals surface area contributed by atoms with Crippen molar-refractivity contribution in [2.24, 2.45) is 0 Å². The van der Waals surface area contributed by atoms with Crippen LogP contribution < -0.4 is 0 Å². The monoisotopic (exact) mass is 186 g/mol. The maximum Gasteiger partial charge on any atom is 0.372 e. The Hall–Kier alpha value is -0.900. The minimum atomic E-state index is -1.00. The van der Waals surface area contributed by atoms with E-state index in [-0.39, 0.29) is 5.76 Å². The molecule has 0 aliphatic heterocycles. The number of carboxylic acid groups (broad SMARTS) is 1. The molecule has 1 N–H and O–H groups in total. The van der Waals surface area contributed by atoms with Crippen molar-refractivity contribution in [1.82, 2.24) is 0 Å². The lowest BCUT2D eigenvalue weighted by Gasteiger charge is -1.93. The molecule has 3 nitrogen and oxygen atoms in total. The van der Waals surface area contributed by atoms with E-state index in [4.69, 9.17) is 9.52 Å². The van der Waals surface area contributed by atoms with Crippen molar-refractivity contribution < 1.29 is 14.3 Å². The van der Waals surface area contributed by atoms with Crippen LogP contribution in [0.3, 0.4) is 0 Å². The predicted molar refractivity (Wildman–Crippen MR) is 46.8 cm³/mol. The van der Waals surface area contributed by atoms with E-state index in [0.717, 1.165) is 5.75 Å². The molecule has 0 bridgehead atoms. The van der Waals surface area contributed by atoms with Gasteiger partial charge in [-0.2, -0.15) is 0 Å². The maximum absolute atomic E-state index is 10.6. The Labute approximate surface area is 74.8 Å². The highest BCUT2D eigenvalue weighted by atomic mass is 32.2. The highest BCUT2D eigenvalue weighted by Gasteiger charge is 2.15. The van der Waals surface area contributed by atoms with E-state index in [0.29, 0.717) is 10.7 Å². The van der Waals surface area contributed by atoms with Crippen LogP contribution in [0.1, 0.15) is 23.2 Å². The molecule has 4 heteroatoms. The number of carboxylic acids is 1. The molecule has 0 fully saturated rings. The van der Waals surface area contributed by atoms with Gasteiger partial charge in [-0.05, 0) is 18.7 Å². The summed E-state index contributed by atoms with van der Waals surface area (Å²) in [6.07, 6.45) is 0. The molecule has 66 valence electrons. The van der Waals surface area contributed by atoms with E-state index >= 15 is 0 Å². The zero-order valence-corrected chi connectivity index (χ0v) is 7.77. The van der Waals surface area contributed by atoms with Gasteiger partial charge in [-0.1, -0.05) is 6.92 Å². The van der Waals surface area contributed by atoms with E-state index in [1.807, 2.05) is 6.92 Å². The van der Waals surface area contributed by atoms with E-state index < -0.39 is 5.97 Å². The molecule has 0 aliphatic rings. The number of hydrogen-bond acceptors (Lipinski definition) is 3. The summed E-state index contributed by atoms with van der Waals surface area (Å²) in [4.78, 5) is 11.3. The quantitative estimate of drug-likeness (QED) is 0.736. The first-order valence-corrected chi connectivity index (χ1v) is 4.60. The van der Waals surface area contributed by atoms with Gasteiger partial charge in [-0.25, -0.2) is 4.79 Å². The molecule has 0 aromatic carbocycles. The van der Waals surface area contributed by atoms with Crippen molar-refractivity contribution in [3.63, 3.8) is 0 Å². The van der Waals surface area contributed by atoms with Gasteiger partial charge in [0.1, 0.15) is 5.76 Å². The van der Waals surface area contributed by atoms with Crippen LogP contribution in [-0.2, 0) is 0 Å². The first kappa shape index (κ1) is 9.19. The fourth-order valence-electron chi connectivity index (χ4n) is 0.903. The minimum absolute atomic E-state index is 0.0550. The van der Waals surface area contributed by atoms with Crippen molar-refractivity contribution in [3.8, 4) is 0 Å². The Morgan fingerprint density at radius 3 is 2.92 bits per heavy atom. The second-order valence-corrected chi connectivity index (χ2v) is 3.59. The third-order valence-electron chi connectivity index (χ3n) is 1.32. The molecule has 12 heavy (non-hydrogen) atoms. The second-order valence-electron chi connectivity index (χ2n) is 2.29. The van der Waals surface area contributed by atoms with Crippen molar-refractivity contribution in [3.05, 3.63) is 17.6 Å². The summed E-state index contributed by atoms with van der Waals surface area (Å²) >= 11 is 1.48. The van der Waals surface area contributed by atoms with Gasteiger partial charge in [-0.3, -0.25) is 0 Å². The summed E-state index contributed by atoms with van der Waals surface area (Å²) in [7, 11) is 0. The van der Waals surface area contributed by atoms with Gasteiger partial charge in [0.15, 0.2) is 0 Å². The highest BCUT2D eigenvalue weighted by Crippen LogP contribution is 2.25. The lowest BCUT2D eigenvalue weighted by Crippen LogP contribution is -1.94. The smallest absolute Gasteiger partial charge is 0.372 e. The number of carbonyl (C=O) groups is 1. The number of hydrogen-bond donors (Lipinski definition) is 1. The van der Waals surface area contributed by atoms with Gasteiger partial charge in [0.05, 0.1) is 4.90 Å². The van der Waals surface area contributed by atoms with Crippen LogP contribution in [0.25, 0.3) is 0 Å². The number of furan rings is 1. The average molecular weight is 186 g/mol. The average Bonchev–Trinajstić information content (AvgIpc) is 2.32. The van der Waals surface area contributed by atoms with Gasteiger partial charge >= 0.3 is 5.97 Å². The molecule has 1 heterocycles. The summed E-state index contributed by atoms with van der Waals surface area (Å²) in [6.45, 7) is 3.71. The molecule has 0 radical (unpaired) electrons. The minimum Gasteiger partial charge on any atom is -0.475 e. The Bertz CT molecular complexity index is 290. The largest absolute Gasteiger partial charge is 0.475 e. The third kappa shape index (κ3) is 1.82. The van der Waals surface area contributed by atoms with Gasteiger partial charge in [0, 0.05) is 0 Å². The topological polar surface area (TPSA) is 50.4 Å². The molecule has 0 amide bonds. The fourth-order valence-corrected chi connectivity index (χ4v) is 1.72.